The van der Waals surface area contributed by atoms with E-state index in [1.807, 2.05) is 55.6 Å². The summed E-state index contributed by atoms with van der Waals surface area (Å²) in [6.07, 6.45) is 5.31. The molecule has 3 amide bonds. The number of carbonyl (C=O) groups excluding carboxylic acids is 3. The molecule has 2 aromatic heterocycles. The molecule has 0 spiro atoms. The highest BCUT2D eigenvalue weighted by molar-refractivity contribution is 8.00. The van der Waals surface area contributed by atoms with Crippen molar-refractivity contribution in [3.05, 3.63) is 137 Å². The van der Waals surface area contributed by atoms with Crippen LogP contribution in [-0.2, 0) is 9.59 Å². The van der Waals surface area contributed by atoms with Crippen molar-refractivity contribution < 1.29 is 14.4 Å². The van der Waals surface area contributed by atoms with Gasteiger partial charge in [-0.15, -0.1) is 23.1 Å². The highest BCUT2D eigenvalue weighted by Gasteiger charge is 2.22. The molecule has 0 saturated carbocycles. The number of anilines is 2. The zero-order valence-corrected chi connectivity index (χ0v) is 27.3. The summed E-state index contributed by atoms with van der Waals surface area (Å²) in [4.78, 5) is 44.6. The van der Waals surface area contributed by atoms with Gasteiger partial charge in [0.05, 0.1) is 10.8 Å². The Morgan fingerprint density at radius 3 is 2.47 bits per heavy atom. The minimum absolute atomic E-state index is 0.0463. The van der Waals surface area contributed by atoms with Crippen LogP contribution in [0.25, 0.3) is 17.2 Å². The van der Waals surface area contributed by atoms with Crippen molar-refractivity contribution in [2.45, 2.75) is 30.4 Å². The third-order valence-corrected chi connectivity index (χ3v) is 9.31. The number of nitriles is 1. The van der Waals surface area contributed by atoms with Gasteiger partial charge in [0.25, 0.3) is 11.8 Å². The maximum absolute atomic E-state index is 13.5. The molecule has 0 bridgehead atoms. The van der Waals surface area contributed by atoms with Crippen LogP contribution in [-0.4, -0.2) is 28.0 Å². The summed E-state index contributed by atoms with van der Waals surface area (Å²) in [5.41, 5.74) is 4.86. The van der Waals surface area contributed by atoms with Gasteiger partial charge in [0.1, 0.15) is 16.8 Å². The first-order valence-electron chi connectivity index (χ1n) is 14.8. The zero-order valence-electron chi connectivity index (χ0n) is 25.7. The number of nitrogens with one attached hydrogen (secondary N) is 3. The molecular weight excluding hydrogens is 627 g/mol. The van der Waals surface area contributed by atoms with E-state index in [0.717, 1.165) is 21.6 Å². The van der Waals surface area contributed by atoms with Gasteiger partial charge in [-0.25, -0.2) is 0 Å². The maximum atomic E-state index is 13.5. The van der Waals surface area contributed by atoms with Gasteiger partial charge in [-0.3, -0.25) is 19.4 Å². The Hall–Kier alpha value is -5.50. The first kappa shape index (κ1) is 32.9. The second-order valence-electron chi connectivity index (χ2n) is 10.5. The quantitative estimate of drug-likeness (QED) is 0.0980. The number of aromatic nitrogens is 1. The maximum Gasteiger partial charge on any atom is 0.272 e. The van der Waals surface area contributed by atoms with Gasteiger partial charge in [-0.2, -0.15) is 5.26 Å². The van der Waals surface area contributed by atoms with E-state index in [1.165, 1.54) is 23.1 Å². The molecular formula is C37H31N5O3S2. The molecule has 0 saturated heterocycles. The zero-order chi connectivity index (χ0) is 33.2. The third-order valence-electron chi connectivity index (χ3n) is 7.06. The lowest BCUT2D eigenvalue weighted by atomic mass is 10.0. The fourth-order valence-corrected chi connectivity index (χ4v) is 6.54. The Labute approximate surface area is 281 Å². The van der Waals surface area contributed by atoms with Crippen LogP contribution >= 0.6 is 23.1 Å². The molecule has 0 aliphatic rings. The van der Waals surface area contributed by atoms with Gasteiger partial charge in [0, 0.05) is 39.5 Å². The van der Waals surface area contributed by atoms with Gasteiger partial charge in [0.2, 0.25) is 5.91 Å². The summed E-state index contributed by atoms with van der Waals surface area (Å²) < 4.78 is 0. The minimum Gasteiger partial charge on any atom is -0.321 e. The Balaban J connectivity index is 1.29. The summed E-state index contributed by atoms with van der Waals surface area (Å²) in [5, 5.41) is 20.4. The number of carbonyl (C=O) groups is 3. The van der Waals surface area contributed by atoms with Crippen LogP contribution in [0.1, 0.15) is 40.4 Å². The number of benzene rings is 3. The second-order valence-corrected chi connectivity index (χ2v) is 12.6. The lowest BCUT2D eigenvalue weighted by Gasteiger charge is -2.16. The predicted molar refractivity (Wildman–Crippen MR) is 189 cm³/mol. The summed E-state index contributed by atoms with van der Waals surface area (Å²) in [6, 6.07) is 29.5. The normalized spacial score (nSPS) is 11.6. The lowest BCUT2D eigenvalue weighted by Crippen LogP contribution is -2.30. The minimum atomic E-state index is -0.517. The number of rotatable bonds is 11. The molecule has 1 atom stereocenters. The number of thioether (sulfide) groups is 1. The number of nitrogens with zero attached hydrogens (tertiary/aromatic N) is 2. The molecule has 5 aromatic rings. The van der Waals surface area contributed by atoms with Crippen LogP contribution in [0.3, 0.4) is 0 Å². The van der Waals surface area contributed by atoms with Gasteiger partial charge in [0.15, 0.2) is 0 Å². The van der Waals surface area contributed by atoms with Crippen molar-refractivity contribution in [2.24, 2.45) is 0 Å². The average Bonchev–Trinajstić information content (AvgIpc) is 3.50. The molecule has 0 radical (unpaired) electrons. The van der Waals surface area contributed by atoms with Crippen LogP contribution in [0, 0.1) is 18.3 Å². The van der Waals surface area contributed by atoms with Gasteiger partial charge >= 0.3 is 0 Å². The Morgan fingerprint density at radius 2 is 1.77 bits per heavy atom. The fraction of sp³-hybridized carbons (Fsp3) is 0.108. The first-order chi connectivity index (χ1) is 22.8. The van der Waals surface area contributed by atoms with Crippen molar-refractivity contribution in [3.63, 3.8) is 0 Å². The molecule has 10 heteroatoms. The molecule has 1 unspecified atom stereocenters. The predicted octanol–water partition coefficient (Wildman–Crippen LogP) is 7.91. The van der Waals surface area contributed by atoms with Crippen molar-refractivity contribution in [1.29, 1.82) is 5.26 Å². The summed E-state index contributed by atoms with van der Waals surface area (Å²) in [7, 11) is 0. The molecule has 234 valence electrons. The molecule has 5 rings (SSSR count). The summed E-state index contributed by atoms with van der Waals surface area (Å²) in [6.45, 7) is 3.93. The Bertz CT molecular complexity index is 1950. The molecule has 2 heterocycles. The number of thiophene rings is 1. The highest BCUT2D eigenvalue weighted by atomic mass is 32.2. The van der Waals surface area contributed by atoms with Crippen molar-refractivity contribution in [2.75, 3.05) is 10.6 Å². The smallest absolute Gasteiger partial charge is 0.272 e. The van der Waals surface area contributed by atoms with Crippen LogP contribution in [0.4, 0.5) is 10.7 Å². The monoisotopic (exact) mass is 657 g/mol. The number of hydrogen-bond donors (Lipinski definition) is 3. The largest absolute Gasteiger partial charge is 0.321 e. The third kappa shape index (κ3) is 8.61. The molecule has 47 heavy (non-hydrogen) atoms. The van der Waals surface area contributed by atoms with E-state index in [2.05, 4.69) is 27.0 Å². The van der Waals surface area contributed by atoms with E-state index in [-0.39, 0.29) is 11.6 Å². The summed E-state index contributed by atoms with van der Waals surface area (Å²) >= 11 is 2.69. The van der Waals surface area contributed by atoms with Crippen LogP contribution < -0.4 is 16.0 Å². The second kappa shape index (κ2) is 15.7. The van der Waals surface area contributed by atoms with E-state index in [9.17, 15) is 19.6 Å². The SMILES string of the molecule is CCC(Sc1cccc(NC(=O)/C(=C/c2cccnc2)NC(=O)c2ccccc2)c1)C(=O)Nc1scc(-c2ccc(C)cc2)c1C#N. The first-order valence-corrected chi connectivity index (χ1v) is 16.6. The van der Waals surface area contributed by atoms with Gasteiger partial charge in [-0.05, 0) is 66.9 Å². The van der Waals surface area contributed by atoms with Crippen LogP contribution in [0.5, 0.6) is 0 Å². The van der Waals surface area contributed by atoms with E-state index < -0.39 is 17.1 Å². The van der Waals surface area contributed by atoms with E-state index in [4.69, 9.17) is 0 Å². The highest BCUT2D eigenvalue weighted by Crippen LogP contribution is 2.36. The molecule has 0 aliphatic carbocycles. The van der Waals surface area contributed by atoms with Crippen LogP contribution in [0.15, 0.2) is 119 Å². The number of hydrogen-bond acceptors (Lipinski definition) is 7. The van der Waals surface area contributed by atoms with Crippen molar-refractivity contribution >= 4 is 57.6 Å². The van der Waals surface area contributed by atoms with E-state index >= 15 is 0 Å². The fourth-order valence-electron chi connectivity index (χ4n) is 4.60. The summed E-state index contributed by atoms with van der Waals surface area (Å²) in [5.74, 6) is -1.16. The topological polar surface area (TPSA) is 124 Å². The number of pyridine rings is 1. The molecule has 0 fully saturated rings. The molecule has 3 N–H and O–H groups in total. The Morgan fingerprint density at radius 1 is 0.979 bits per heavy atom. The van der Waals surface area contributed by atoms with Crippen LogP contribution in [0.2, 0.25) is 0 Å². The van der Waals surface area contributed by atoms with Crippen molar-refractivity contribution in [3.8, 4) is 17.2 Å². The molecule has 3 aromatic carbocycles. The van der Waals surface area contributed by atoms with Gasteiger partial charge < -0.3 is 16.0 Å². The number of amides is 3. The molecule has 0 aliphatic heterocycles. The average molecular weight is 658 g/mol. The van der Waals surface area contributed by atoms with Gasteiger partial charge in [-0.1, -0.05) is 67.1 Å². The molecule has 8 nitrogen and oxygen atoms in total. The van der Waals surface area contributed by atoms with E-state index in [0.29, 0.717) is 33.8 Å². The number of aryl methyl sites for hydroxylation is 1. The Kier molecular flexibility index (Phi) is 11.0. The lowest BCUT2D eigenvalue weighted by molar-refractivity contribution is -0.116. The van der Waals surface area contributed by atoms with E-state index in [1.54, 1.807) is 73.1 Å². The standard InChI is InChI=1S/C37H31N5O3S2/c1-3-33(36(45)42-37-30(21-38)31(23-46-37)26-16-14-24(2)15-17-26)47-29-13-7-12-28(20-29)40-35(44)32(19-25-9-8-18-39-22-25)41-34(43)27-10-5-4-6-11-27/h4-20,22-23,33H,3H2,1-2H3,(H,40,44)(H,41,43)(H,42,45)/b32-19-. The van der Waals surface area contributed by atoms with Crippen molar-refractivity contribution in [1.82, 2.24) is 10.3 Å².